The van der Waals surface area contributed by atoms with Crippen molar-refractivity contribution >= 4 is 40.4 Å². The molecule has 1 atom stereocenters. The van der Waals surface area contributed by atoms with Gasteiger partial charge in [-0.2, -0.15) is 5.10 Å². The van der Waals surface area contributed by atoms with Gasteiger partial charge in [-0.15, -0.1) is 0 Å². The van der Waals surface area contributed by atoms with E-state index in [1.54, 1.807) is 5.01 Å². The number of rotatable bonds is 4. The summed E-state index contributed by atoms with van der Waals surface area (Å²) in [7, 11) is 2.07. The van der Waals surface area contributed by atoms with Crippen LogP contribution in [0.25, 0.3) is 0 Å². The smallest absolute Gasteiger partial charge is 0.253 e. The fourth-order valence-electron chi connectivity index (χ4n) is 3.51. The number of carbonyl (C=O) groups is 1. The summed E-state index contributed by atoms with van der Waals surface area (Å²) in [6, 6.07) is 10.6. The predicted octanol–water partition coefficient (Wildman–Crippen LogP) is 4.23. The quantitative estimate of drug-likeness (QED) is 0.738. The Bertz CT molecular complexity index is 629. The molecule has 6 heteroatoms. The van der Waals surface area contributed by atoms with Crippen molar-refractivity contribution in [2.45, 2.75) is 50.6 Å². The molecule has 25 heavy (non-hydrogen) atoms. The number of thiocarbonyl (C=S) groups is 1. The second-order valence-corrected chi connectivity index (χ2v) is 8.27. The minimum atomic E-state index is 0.0129. The van der Waals surface area contributed by atoms with Gasteiger partial charge in [0.1, 0.15) is 4.32 Å². The first kappa shape index (κ1) is 18.4. The molecule has 1 aromatic carbocycles. The van der Waals surface area contributed by atoms with Crippen molar-refractivity contribution in [3.8, 4) is 0 Å². The molecule has 1 aromatic rings. The summed E-state index contributed by atoms with van der Waals surface area (Å²) in [6.07, 6.45) is 8.90. The molecule has 4 nitrogen and oxygen atoms in total. The van der Waals surface area contributed by atoms with E-state index in [0.717, 1.165) is 16.3 Å². The Balaban J connectivity index is 1.53. The van der Waals surface area contributed by atoms with Crippen LogP contribution in [0, 0.1) is 0 Å². The zero-order valence-electron chi connectivity index (χ0n) is 14.6. The molecule has 0 radical (unpaired) electrons. The zero-order chi connectivity index (χ0) is 17.6. The summed E-state index contributed by atoms with van der Waals surface area (Å²) < 4.78 is 0.819. The average Bonchev–Trinajstić information content (AvgIpc) is 3.16. The number of thioether (sulfide) groups is 1. The SMILES string of the molecule is CN(C(=S)SCC(=O)N1N=CCC1c1ccccc1)C1CCCCC1. The number of benzene rings is 1. The van der Waals surface area contributed by atoms with E-state index in [2.05, 4.69) is 17.0 Å². The third kappa shape index (κ3) is 4.61. The molecule has 0 bridgehead atoms. The molecule has 134 valence electrons. The highest BCUT2D eigenvalue weighted by Crippen LogP contribution is 2.29. The van der Waals surface area contributed by atoms with Gasteiger partial charge < -0.3 is 4.90 Å². The van der Waals surface area contributed by atoms with Gasteiger partial charge in [-0.3, -0.25) is 4.79 Å². The van der Waals surface area contributed by atoms with Crippen molar-refractivity contribution in [1.29, 1.82) is 0 Å². The van der Waals surface area contributed by atoms with Crippen molar-refractivity contribution < 1.29 is 4.79 Å². The zero-order valence-corrected chi connectivity index (χ0v) is 16.3. The lowest BCUT2D eigenvalue weighted by molar-refractivity contribution is -0.130. The van der Waals surface area contributed by atoms with Gasteiger partial charge in [0.15, 0.2) is 0 Å². The molecule has 0 N–H and O–H groups in total. The van der Waals surface area contributed by atoms with E-state index in [1.165, 1.54) is 43.9 Å². The molecule has 2 aliphatic rings. The highest BCUT2D eigenvalue weighted by Gasteiger charge is 2.28. The van der Waals surface area contributed by atoms with Crippen LogP contribution in [0.3, 0.4) is 0 Å². The largest absolute Gasteiger partial charge is 0.358 e. The molecule has 1 aliphatic carbocycles. The van der Waals surface area contributed by atoms with Crippen LogP contribution in [0.1, 0.15) is 50.1 Å². The lowest BCUT2D eigenvalue weighted by Crippen LogP contribution is -2.37. The van der Waals surface area contributed by atoms with Gasteiger partial charge in [0, 0.05) is 25.7 Å². The maximum Gasteiger partial charge on any atom is 0.253 e. The fourth-order valence-corrected chi connectivity index (χ4v) is 4.57. The maximum atomic E-state index is 12.6. The van der Waals surface area contributed by atoms with Gasteiger partial charge in [0.25, 0.3) is 5.91 Å². The molecule has 0 saturated heterocycles. The van der Waals surface area contributed by atoms with Gasteiger partial charge in [-0.25, -0.2) is 5.01 Å². The molecule has 1 amide bonds. The molecule has 1 heterocycles. The van der Waals surface area contributed by atoms with Crippen molar-refractivity contribution in [2.75, 3.05) is 12.8 Å². The van der Waals surface area contributed by atoms with E-state index in [9.17, 15) is 4.79 Å². The highest BCUT2D eigenvalue weighted by molar-refractivity contribution is 8.23. The lowest BCUT2D eigenvalue weighted by Gasteiger charge is -2.32. The van der Waals surface area contributed by atoms with Gasteiger partial charge >= 0.3 is 0 Å². The molecule has 3 rings (SSSR count). The van der Waals surface area contributed by atoms with Crippen molar-refractivity contribution in [3.63, 3.8) is 0 Å². The van der Waals surface area contributed by atoms with E-state index < -0.39 is 0 Å². The molecule has 1 saturated carbocycles. The summed E-state index contributed by atoms with van der Waals surface area (Å²) in [5.74, 6) is 0.364. The molecular formula is C19H25N3OS2. The van der Waals surface area contributed by atoms with Gasteiger partial charge in [0.2, 0.25) is 0 Å². The average molecular weight is 376 g/mol. The topological polar surface area (TPSA) is 35.9 Å². The number of nitrogens with zero attached hydrogens (tertiary/aromatic N) is 3. The molecular weight excluding hydrogens is 350 g/mol. The van der Waals surface area contributed by atoms with Crippen LogP contribution in [-0.4, -0.2) is 45.2 Å². The molecule has 1 unspecified atom stereocenters. The number of carbonyl (C=O) groups excluding carboxylic acids is 1. The first-order valence-corrected chi connectivity index (χ1v) is 10.3. The number of hydrogen-bond donors (Lipinski definition) is 0. The van der Waals surface area contributed by atoms with Crippen molar-refractivity contribution in [1.82, 2.24) is 9.91 Å². The summed E-state index contributed by atoms with van der Waals surface area (Å²) in [4.78, 5) is 14.8. The van der Waals surface area contributed by atoms with Crippen molar-refractivity contribution in [3.05, 3.63) is 35.9 Å². The fraction of sp³-hybridized carbons (Fsp3) is 0.526. The highest BCUT2D eigenvalue weighted by atomic mass is 32.2. The first-order chi connectivity index (χ1) is 12.2. The Morgan fingerprint density at radius 1 is 1.28 bits per heavy atom. The third-order valence-corrected chi connectivity index (χ3v) is 6.57. The van der Waals surface area contributed by atoms with Gasteiger partial charge in [-0.1, -0.05) is 73.6 Å². The van der Waals surface area contributed by atoms with Gasteiger partial charge in [0.05, 0.1) is 11.8 Å². The number of amides is 1. The molecule has 1 aliphatic heterocycles. The Morgan fingerprint density at radius 3 is 2.72 bits per heavy atom. The number of hydrogen-bond acceptors (Lipinski definition) is 4. The molecule has 0 aromatic heterocycles. The van der Waals surface area contributed by atoms with E-state index in [0.29, 0.717) is 11.8 Å². The predicted molar refractivity (Wildman–Crippen MR) is 109 cm³/mol. The standard InChI is InChI=1S/C19H25N3OS2/c1-21(16-10-6-3-7-11-16)19(24)25-14-18(23)22-17(12-13-20-22)15-8-4-2-5-9-15/h2,4-5,8-9,13,16-17H,3,6-7,10-12,14H2,1H3. The second-order valence-electron chi connectivity index (χ2n) is 6.66. The summed E-state index contributed by atoms with van der Waals surface area (Å²) >= 11 is 7.02. The van der Waals surface area contributed by atoms with E-state index in [-0.39, 0.29) is 11.9 Å². The Kier molecular flexibility index (Phi) is 6.48. The summed E-state index contributed by atoms with van der Waals surface area (Å²) in [5, 5.41) is 5.91. The van der Waals surface area contributed by atoms with Gasteiger partial charge in [-0.05, 0) is 18.4 Å². The number of hydrazone groups is 1. The van der Waals surface area contributed by atoms with Crippen LogP contribution in [0.4, 0.5) is 0 Å². The van der Waals surface area contributed by atoms with E-state index in [1.807, 2.05) is 36.5 Å². The lowest BCUT2D eigenvalue weighted by atomic mass is 9.95. The second kappa shape index (κ2) is 8.81. The van der Waals surface area contributed by atoms with Crippen LogP contribution in [0.5, 0.6) is 0 Å². The van der Waals surface area contributed by atoms with Crippen LogP contribution in [0.15, 0.2) is 35.4 Å². The summed E-state index contributed by atoms with van der Waals surface area (Å²) in [6.45, 7) is 0. The monoisotopic (exact) mass is 375 g/mol. The van der Waals surface area contributed by atoms with E-state index >= 15 is 0 Å². The first-order valence-electron chi connectivity index (χ1n) is 8.96. The Morgan fingerprint density at radius 2 is 2.00 bits per heavy atom. The maximum absolute atomic E-state index is 12.6. The normalized spacial score (nSPS) is 20.7. The minimum Gasteiger partial charge on any atom is -0.358 e. The Hall–Kier alpha value is -1.40. The van der Waals surface area contributed by atoms with Crippen LogP contribution in [0.2, 0.25) is 0 Å². The molecule has 1 fully saturated rings. The third-order valence-electron chi connectivity index (χ3n) is 5.00. The summed E-state index contributed by atoms with van der Waals surface area (Å²) in [5.41, 5.74) is 1.13. The van der Waals surface area contributed by atoms with Crippen LogP contribution < -0.4 is 0 Å². The van der Waals surface area contributed by atoms with Crippen LogP contribution >= 0.6 is 24.0 Å². The van der Waals surface area contributed by atoms with E-state index in [4.69, 9.17) is 12.2 Å². The molecule has 0 spiro atoms. The Labute approximate surface area is 159 Å². The van der Waals surface area contributed by atoms with Crippen LogP contribution in [-0.2, 0) is 4.79 Å². The van der Waals surface area contributed by atoms with Crippen molar-refractivity contribution in [2.24, 2.45) is 5.10 Å². The minimum absolute atomic E-state index is 0.0129.